The van der Waals surface area contributed by atoms with Gasteiger partial charge >= 0.3 is 6.03 Å². The van der Waals surface area contributed by atoms with Gasteiger partial charge < -0.3 is 14.8 Å². The Morgan fingerprint density at radius 1 is 1.11 bits per heavy atom. The van der Waals surface area contributed by atoms with Crippen molar-refractivity contribution in [2.45, 2.75) is 13.5 Å². The Morgan fingerprint density at radius 3 is 2.52 bits per heavy atom. The molecule has 1 aliphatic rings. The average Bonchev–Trinajstić information content (AvgIpc) is 2.91. The van der Waals surface area contributed by atoms with Crippen molar-refractivity contribution in [3.63, 3.8) is 0 Å². The van der Waals surface area contributed by atoms with Gasteiger partial charge in [-0.2, -0.15) is 0 Å². The second-order valence-corrected chi connectivity index (χ2v) is 5.85. The maximum Gasteiger partial charge on any atom is 0.329 e. The molecule has 1 aliphatic heterocycles. The standard InChI is InChI=1S/C20H19FN2O4/c1-3-27-18-11-14(6-9-17(18)26-2)10-16-19(24)23(20(25)22-16)12-13-4-7-15(21)8-5-13/h4-11H,3,12H2,1-2H3,(H,22,25)/b16-10+. The fourth-order valence-corrected chi connectivity index (χ4v) is 2.71. The zero-order valence-corrected chi connectivity index (χ0v) is 15.0. The first-order valence-corrected chi connectivity index (χ1v) is 8.41. The third kappa shape index (κ3) is 4.08. The molecule has 6 nitrogen and oxygen atoms in total. The molecule has 1 fully saturated rings. The molecule has 0 spiro atoms. The molecular weight excluding hydrogens is 351 g/mol. The average molecular weight is 370 g/mol. The summed E-state index contributed by atoms with van der Waals surface area (Å²) in [5.74, 6) is 0.312. The Bertz CT molecular complexity index is 893. The quantitative estimate of drug-likeness (QED) is 0.626. The predicted molar refractivity (Wildman–Crippen MR) is 97.6 cm³/mol. The van der Waals surface area contributed by atoms with E-state index in [1.165, 1.54) is 24.3 Å². The maximum absolute atomic E-state index is 13.0. The van der Waals surface area contributed by atoms with Crippen LogP contribution in [0.3, 0.4) is 0 Å². The van der Waals surface area contributed by atoms with Crippen molar-refractivity contribution in [3.8, 4) is 11.5 Å². The highest BCUT2D eigenvalue weighted by molar-refractivity contribution is 6.13. The van der Waals surface area contributed by atoms with Crippen molar-refractivity contribution < 1.29 is 23.5 Å². The van der Waals surface area contributed by atoms with E-state index in [0.717, 1.165) is 4.90 Å². The predicted octanol–water partition coefficient (Wildman–Crippen LogP) is 3.33. The van der Waals surface area contributed by atoms with Crippen LogP contribution in [0.1, 0.15) is 18.1 Å². The molecular formula is C20H19FN2O4. The molecule has 2 aromatic carbocycles. The Balaban J connectivity index is 1.81. The topological polar surface area (TPSA) is 67.9 Å². The summed E-state index contributed by atoms with van der Waals surface area (Å²) in [6, 6.07) is 10.4. The number of benzene rings is 2. The van der Waals surface area contributed by atoms with Gasteiger partial charge in [0.05, 0.1) is 20.3 Å². The summed E-state index contributed by atoms with van der Waals surface area (Å²) >= 11 is 0. The van der Waals surface area contributed by atoms with Gasteiger partial charge in [0.15, 0.2) is 11.5 Å². The number of amides is 3. The lowest BCUT2D eigenvalue weighted by Crippen LogP contribution is -2.30. The number of carbonyl (C=O) groups is 2. The molecule has 1 saturated heterocycles. The van der Waals surface area contributed by atoms with Crippen LogP contribution in [0.15, 0.2) is 48.2 Å². The minimum Gasteiger partial charge on any atom is -0.493 e. The summed E-state index contributed by atoms with van der Waals surface area (Å²) in [6.07, 6.45) is 1.58. The summed E-state index contributed by atoms with van der Waals surface area (Å²) < 4.78 is 23.8. The normalized spacial score (nSPS) is 15.2. The summed E-state index contributed by atoms with van der Waals surface area (Å²) in [5.41, 5.74) is 1.51. The van der Waals surface area contributed by atoms with Crippen molar-refractivity contribution in [3.05, 3.63) is 65.1 Å². The van der Waals surface area contributed by atoms with E-state index in [4.69, 9.17) is 9.47 Å². The number of ether oxygens (including phenoxy) is 2. The number of carbonyl (C=O) groups excluding carboxylic acids is 2. The van der Waals surface area contributed by atoms with Crippen LogP contribution in [0, 0.1) is 5.82 Å². The van der Waals surface area contributed by atoms with E-state index in [1.54, 1.807) is 31.4 Å². The van der Waals surface area contributed by atoms with E-state index >= 15 is 0 Å². The molecule has 27 heavy (non-hydrogen) atoms. The van der Waals surface area contributed by atoms with Crippen LogP contribution in [0.2, 0.25) is 0 Å². The van der Waals surface area contributed by atoms with Crippen LogP contribution in [-0.4, -0.2) is 30.6 Å². The highest BCUT2D eigenvalue weighted by atomic mass is 19.1. The zero-order chi connectivity index (χ0) is 19.4. The number of urea groups is 1. The number of hydrogen-bond donors (Lipinski definition) is 1. The molecule has 140 valence electrons. The lowest BCUT2D eigenvalue weighted by molar-refractivity contribution is -0.123. The molecule has 0 aromatic heterocycles. The summed E-state index contributed by atoms with van der Waals surface area (Å²) in [5, 5.41) is 2.57. The van der Waals surface area contributed by atoms with Crippen molar-refractivity contribution in [1.82, 2.24) is 10.2 Å². The van der Waals surface area contributed by atoms with Gasteiger partial charge in [0, 0.05) is 0 Å². The van der Waals surface area contributed by atoms with E-state index in [0.29, 0.717) is 29.2 Å². The minimum atomic E-state index is -0.519. The van der Waals surface area contributed by atoms with E-state index < -0.39 is 11.9 Å². The van der Waals surface area contributed by atoms with Gasteiger partial charge in [-0.15, -0.1) is 0 Å². The van der Waals surface area contributed by atoms with Gasteiger partial charge in [-0.1, -0.05) is 18.2 Å². The monoisotopic (exact) mass is 370 g/mol. The smallest absolute Gasteiger partial charge is 0.329 e. The number of nitrogens with zero attached hydrogens (tertiary/aromatic N) is 1. The highest BCUT2D eigenvalue weighted by Crippen LogP contribution is 2.29. The van der Waals surface area contributed by atoms with E-state index in [9.17, 15) is 14.0 Å². The number of methoxy groups -OCH3 is 1. The van der Waals surface area contributed by atoms with E-state index in [-0.39, 0.29) is 18.1 Å². The Hall–Kier alpha value is -3.35. The maximum atomic E-state index is 13.0. The first kappa shape index (κ1) is 18.4. The molecule has 0 saturated carbocycles. The van der Waals surface area contributed by atoms with Gasteiger partial charge in [-0.3, -0.25) is 9.69 Å². The van der Waals surface area contributed by atoms with Gasteiger partial charge in [-0.25, -0.2) is 9.18 Å². The van der Waals surface area contributed by atoms with Crippen LogP contribution >= 0.6 is 0 Å². The second-order valence-electron chi connectivity index (χ2n) is 5.85. The third-order valence-electron chi connectivity index (χ3n) is 4.01. The molecule has 7 heteroatoms. The first-order chi connectivity index (χ1) is 13.0. The molecule has 0 bridgehead atoms. The largest absolute Gasteiger partial charge is 0.493 e. The number of imide groups is 1. The molecule has 3 rings (SSSR count). The number of nitrogens with one attached hydrogen (secondary N) is 1. The van der Waals surface area contributed by atoms with Crippen LogP contribution < -0.4 is 14.8 Å². The van der Waals surface area contributed by atoms with Crippen LogP contribution in [0.25, 0.3) is 6.08 Å². The molecule has 2 aromatic rings. The van der Waals surface area contributed by atoms with Gasteiger partial charge in [0.2, 0.25) is 0 Å². The van der Waals surface area contributed by atoms with Crippen LogP contribution in [0.4, 0.5) is 9.18 Å². The minimum absolute atomic E-state index is 0.0646. The van der Waals surface area contributed by atoms with Gasteiger partial charge in [0.25, 0.3) is 5.91 Å². The Labute approximate surface area is 156 Å². The van der Waals surface area contributed by atoms with Crippen LogP contribution in [0.5, 0.6) is 11.5 Å². The molecule has 0 unspecified atom stereocenters. The number of hydrogen-bond acceptors (Lipinski definition) is 4. The second kappa shape index (κ2) is 7.90. The first-order valence-electron chi connectivity index (χ1n) is 8.41. The van der Waals surface area contributed by atoms with Crippen molar-refractivity contribution >= 4 is 18.0 Å². The fraction of sp³-hybridized carbons (Fsp3) is 0.200. The number of rotatable bonds is 6. The molecule has 1 heterocycles. The van der Waals surface area contributed by atoms with Crippen molar-refractivity contribution in [2.75, 3.05) is 13.7 Å². The number of halogens is 1. The van der Waals surface area contributed by atoms with Gasteiger partial charge in [-0.05, 0) is 48.4 Å². The fourth-order valence-electron chi connectivity index (χ4n) is 2.71. The Morgan fingerprint density at radius 2 is 1.85 bits per heavy atom. The molecule has 1 N–H and O–H groups in total. The molecule has 3 amide bonds. The lowest BCUT2D eigenvalue weighted by atomic mass is 10.1. The molecule has 0 atom stereocenters. The molecule has 0 aliphatic carbocycles. The Kier molecular flexibility index (Phi) is 5.40. The van der Waals surface area contributed by atoms with Crippen LogP contribution in [-0.2, 0) is 11.3 Å². The summed E-state index contributed by atoms with van der Waals surface area (Å²) in [7, 11) is 1.55. The lowest BCUT2D eigenvalue weighted by Gasteiger charge is -2.11. The summed E-state index contributed by atoms with van der Waals surface area (Å²) in [6.45, 7) is 2.39. The van der Waals surface area contributed by atoms with Crippen molar-refractivity contribution in [1.29, 1.82) is 0 Å². The molecule has 0 radical (unpaired) electrons. The summed E-state index contributed by atoms with van der Waals surface area (Å²) in [4.78, 5) is 25.8. The zero-order valence-electron chi connectivity index (χ0n) is 15.0. The SMILES string of the molecule is CCOc1cc(/C=C2/NC(=O)N(Cc3ccc(F)cc3)C2=O)ccc1OC. The van der Waals surface area contributed by atoms with E-state index in [1.807, 2.05) is 6.92 Å². The third-order valence-corrected chi connectivity index (χ3v) is 4.01. The van der Waals surface area contributed by atoms with E-state index in [2.05, 4.69) is 5.32 Å². The van der Waals surface area contributed by atoms with Gasteiger partial charge in [0.1, 0.15) is 11.5 Å². The van der Waals surface area contributed by atoms with Crippen molar-refractivity contribution in [2.24, 2.45) is 0 Å². The highest BCUT2D eigenvalue weighted by Gasteiger charge is 2.33.